The average molecular weight is 432 g/mol. The average Bonchev–Trinajstić information content (AvgIpc) is 2.54. The highest BCUT2D eigenvalue weighted by molar-refractivity contribution is 9.10. The summed E-state index contributed by atoms with van der Waals surface area (Å²) in [5, 5.41) is 28.5. The lowest BCUT2D eigenvalue weighted by atomic mass is 10.3. The van der Waals surface area contributed by atoms with Crippen LogP contribution in [0.1, 0.15) is 0 Å². The molecule has 0 saturated carbocycles. The van der Waals surface area contributed by atoms with Crippen LogP contribution in [0.3, 0.4) is 0 Å². The van der Waals surface area contributed by atoms with Crippen molar-refractivity contribution in [3.05, 3.63) is 34.9 Å². The lowest BCUT2D eigenvalue weighted by Crippen LogP contribution is -2.33. The molecule has 0 aliphatic carbocycles. The minimum Gasteiger partial charge on any atom is -0.480 e. The Hall–Kier alpha value is -2.28. The molecule has 2 rings (SSSR count). The van der Waals surface area contributed by atoms with Crippen molar-refractivity contribution in [2.24, 2.45) is 5.14 Å². The van der Waals surface area contributed by atoms with Crippen molar-refractivity contribution in [2.45, 2.75) is 10.9 Å². The Bertz CT molecular complexity index is 875. The van der Waals surface area contributed by atoms with Gasteiger partial charge in [0.1, 0.15) is 11.9 Å². The Labute approximate surface area is 151 Å². The molecular weight excluding hydrogens is 418 g/mol. The topological polar surface area (TPSA) is 168 Å². The van der Waals surface area contributed by atoms with Crippen molar-refractivity contribution in [1.29, 1.82) is 0 Å². The number of aliphatic hydroxyl groups is 1. The fourth-order valence-electron chi connectivity index (χ4n) is 1.74. The van der Waals surface area contributed by atoms with E-state index < -0.39 is 28.6 Å². The zero-order valence-electron chi connectivity index (χ0n) is 12.5. The summed E-state index contributed by atoms with van der Waals surface area (Å²) in [6.45, 7) is -0.621. The van der Waals surface area contributed by atoms with Gasteiger partial charge in [-0.3, -0.25) is 0 Å². The number of carbonyl (C=O) groups is 1. The fourth-order valence-corrected chi connectivity index (χ4v) is 2.56. The summed E-state index contributed by atoms with van der Waals surface area (Å²) in [7, 11) is -3.78. The van der Waals surface area contributed by atoms with Crippen LogP contribution in [0.25, 0.3) is 0 Å². The summed E-state index contributed by atoms with van der Waals surface area (Å²) in [6.07, 6.45) is 1.40. The number of sulfonamides is 1. The molecule has 12 heteroatoms. The van der Waals surface area contributed by atoms with Crippen LogP contribution in [0.15, 0.2) is 39.8 Å². The van der Waals surface area contributed by atoms with Gasteiger partial charge in [0.15, 0.2) is 0 Å². The first-order valence-electron chi connectivity index (χ1n) is 6.73. The van der Waals surface area contributed by atoms with Gasteiger partial charge in [0, 0.05) is 11.9 Å². The first kappa shape index (κ1) is 19.1. The molecule has 0 radical (unpaired) electrons. The van der Waals surface area contributed by atoms with E-state index in [2.05, 4.69) is 36.5 Å². The Morgan fingerprint density at radius 2 is 1.96 bits per heavy atom. The van der Waals surface area contributed by atoms with Crippen molar-refractivity contribution in [2.75, 3.05) is 17.2 Å². The van der Waals surface area contributed by atoms with Gasteiger partial charge >= 0.3 is 5.97 Å². The first-order chi connectivity index (χ1) is 11.7. The second-order valence-corrected chi connectivity index (χ2v) is 7.22. The maximum absolute atomic E-state index is 11.2. The standard InChI is InChI=1S/C13H14BrN5O5S/c14-9-5-16-13(19-11(9)18-10(6-20)12(21)22)17-7-1-3-8(4-2-7)25(15,23)24/h1-5,10,20H,6H2,(H,21,22)(H2,15,23,24)(H2,16,17,18,19). The summed E-state index contributed by atoms with van der Waals surface area (Å²) in [6, 6.07) is 4.37. The van der Waals surface area contributed by atoms with Crippen LogP contribution in [0.4, 0.5) is 17.5 Å². The van der Waals surface area contributed by atoms with Gasteiger partial charge in [-0.1, -0.05) is 0 Å². The van der Waals surface area contributed by atoms with E-state index in [4.69, 9.17) is 15.4 Å². The number of benzene rings is 1. The molecule has 0 bridgehead atoms. The maximum Gasteiger partial charge on any atom is 0.328 e. The third-order valence-corrected chi connectivity index (χ3v) is 4.48. The van der Waals surface area contributed by atoms with E-state index in [0.29, 0.717) is 10.2 Å². The van der Waals surface area contributed by atoms with Gasteiger partial charge in [-0.2, -0.15) is 4.98 Å². The third-order valence-electron chi connectivity index (χ3n) is 2.97. The van der Waals surface area contributed by atoms with E-state index in [-0.39, 0.29) is 16.7 Å². The first-order valence-corrected chi connectivity index (χ1v) is 9.07. The van der Waals surface area contributed by atoms with E-state index in [0.717, 1.165) is 0 Å². The highest BCUT2D eigenvalue weighted by Gasteiger charge is 2.18. The zero-order chi connectivity index (χ0) is 18.6. The lowest BCUT2D eigenvalue weighted by molar-refractivity contribution is -0.138. The summed E-state index contributed by atoms with van der Waals surface area (Å²) < 4.78 is 22.8. The SMILES string of the molecule is NS(=O)(=O)c1ccc(Nc2ncc(Br)c(NC(CO)C(=O)O)n2)cc1. The van der Waals surface area contributed by atoms with Gasteiger partial charge in [0.2, 0.25) is 16.0 Å². The summed E-state index contributed by atoms with van der Waals surface area (Å²) in [5.74, 6) is -0.933. The van der Waals surface area contributed by atoms with E-state index in [1.165, 1.54) is 30.5 Å². The number of anilines is 3. The largest absolute Gasteiger partial charge is 0.480 e. The number of carboxylic acids is 1. The van der Waals surface area contributed by atoms with Crippen LogP contribution in [0.5, 0.6) is 0 Å². The molecule has 0 fully saturated rings. The quantitative estimate of drug-likeness (QED) is 0.418. The molecule has 134 valence electrons. The third kappa shape index (κ3) is 5.09. The number of aliphatic carboxylic acids is 1. The van der Waals surface area contributed by atoms with Crippen molar-refractivity contribution < 1.29 is 23.4 Å². The van der Waals surface area contributed by atoms with E-state index in [9.17, 15) is 13.2 Å². The number of nitrogens with two attached hydrogens (primary N) is 1. The van der Waals surface area contributed by atoms with Crippen molar-refractivity contribution >= 4 is 49.4 Å². The summed E-state index contributed by atoms with van der Waals surface area (Å²) in [4.78, 5) is 19.1. The summed E-state index contributed by atoms with van der Waals surface area (Å²) in [5.41, 5.74) is 0.498. The van der Waals surface area contributed by atoms with Gasteiger partial charge in [-0.25, -0.2) is 23.3 Å². The van der Waals surface area contributed by atoms with Crippen LogP contribution in [-0.4, -0.2) is 47.2 Å². The Balaban J connectivity index is 2.20. The molecule has 2 aromatic rings. The van der Waals surface area contributed by atoms with E-state index in [1.807, 2.05) is 0 Å². The molecule has 0 spiro atoms. The second-order valence-electron chi connectivity index (χ2n) is 4.80. The molecule has 10 nitrogen and oxygen atoms in total. The summed E-state index contributed by atoms with van der Waals surface area (Å²) >= 11 is 3.18. The van der Waals surface area contributed by atoms with Gasteiger partial charge in [-0.15, -0.1) is 0 Å². The van der Waals surface area contributed by atoms with Crippen molar-refractivity contribution in [3.63, 3.8) is 0 Å². The Morgan fingerprint density at radius 3 is 2.48 bits per heavy atom. The van der Waals surface area contributed by atoms with Gasteiger partial charge in [0.05, 0.1) is 16.0 Å². The minimum absolute atomic E-state index is 0.0376. The van der Waals surface area contributed by atoms with Crippen LogP contribution in [0, 0.1) is 0 Å². The predicted molar refractivity (Wildman–Crippen MR) is 93.0 cm³/mol. The molecule has 1 atom stereocenters. The number of nitrogens with zero attached hydrogens (tertiary/aromatic N) is 2. The Kier molecular flexibility index (Phi) is 5.89. The number of hydrogen-bond acceptors (Lipinski definition) is 8. The normalized spacial score (nSPS) is 12.4. The molecule has 0 aliphatic rings. The van der Waals surface area contributed by atoms with E-state index in [1.54, 1.807) is 0 Å². The van der Waals surface area contributed by atoms with Gasteiger partial charge < -0.3 is 20.8 Å². The highest BCUT2D eigenvalue weighted by Crippen LogP contribution is 2.23. The minimum atomic E-state index is -3.78. The smallest absolute Gasteiger partial charge is 0.328 e. The molecular formula is C13H14BrN5O5S. The zero-order valence-corrected chi connectivity index (χ0v) is 15.0. The van der Waals surface area contributed by atoms with E-state index >= 15 is 0 Å². The number of rotatable bonds is 7. The van der Waals surface area contributed by atoms with Gasteiger partial charge in [-0.05, 0) is 40.2 Å². The molecule has 0 saturated heterocycles. The van der Waals surface area contributed by atoms with Crippen LogP contribution < -0.4 is 15.8 Å². The van der Waals surface area contributed by atoms with Crippen molar-refractivity contribution in [1.82, 2.24) is 9.97 Å². The van der Waals surface area contributed by atoms with Crippen LogP contribution >= 0.6 is 15.9 Å². The molecule has 1 heterocycles. The molecule has 1 aromatic heterocycles. The number of halogens is 1. The number of hydrogen-bond donors (Lipinski definition) is 5. The molecule has 0 amide bonds. The predicted octanol–water partition coefficient (Wildman–Crippen LogP) is 0.487. The van der Waals surface area contributed by atoms with Crippen molar-refractivity contribution in [3.8, 4) is 0 Å². The van der Waals surface area contributed by atoms with Crippen LogP contribution in [-0.2, 0) is 14.8 Å². The Morgan fingerprint density at radius 1 is 1.32 bits per heavy atom. The monoisotopic (exact) mass is 431 g/mol. The number of aliphatic hydroxyl groups excluding tert-OH is 1. The lowest BCUT2D eigenvalue weighted by Gasteiger charge is -2.14. The molecule has 25 heavy (non-hydrogen) atoms. The van der Waals surface area contributed by atoms with Crippen LogP contribution in [0.2, 0.25) is 0 Å². The number of nitrogens with one attached hydrogen (secondary N) is 2. The van der Waals surface area contributed by atoms with Gasteiger partial charge in [0.25, 0.3) is 0 Å². The number of aromatic nitrogens is 2. The second kappa shape index (κ2) is 7.74. The highest BCUT2D eigenvalue weighted by atomic mass is 79.9. The molecule has 1 aromatic carbocycles. The molecule has 1 unspecified atom stereocenters. The number of primary sulfonamides is 1. The fraction of sp³-hybridized carbons (Fsp3) is 0.154. The maximum atomic E-state index is 11.2. The number of carboxylic acid groups (broad SMARTS) is 1. The molecule has 6 N–H and O–H groups in total. The molecule has 0 aliphatic heterocycles.